The first-order chi connectivity index (χ1) is 13.3. The van der Waals surface area contributed by atoms with Crippen LogP contribution in [0.4, 0.5) is 0 Å². The zero-order valence-electron chi connectivity index (χ0n) is 17.3. The second kappa shape index (κ2) is 5.73. The van der Waals surface area contributed by atoms with Crippen molar-refractivity contribution in [1.82, 2.24) is 14.5 Å². The molecule has 0 atom stereocenters. The molecule has 0 aliphatic carbocycles. The summed E-state index contributed by atoms with van der Waals surface area (Å²) in [4.78, 5) is 9.25. The molecule has 0 saturated heterocycles. The van der Waals surface area contributed by atoms with E-state index in [1.165, 1.54) is 33.6 Å². The fraction of sp³-hybridized carbons (Fsp3) is 0.318. The van der Waals surface area contributed by atoms with Crippen LogP contribution in [0.5, 0.6) is 0 Å². The predicted molar refractivity (Wildman–Crippen MR) is 110 cm³/mol. The fourth-order valence-electron chi connectivity index (χ4n) is 4.16. The van der Waals surface area contributed by atoms with Crippen LogP contribution >= 0.6 is 11.3 Å². The van der Waals surface area contributed by atoms with Crippen LogP contribution < -0.4 is 4.57 Å². The van der Waals surface area contributed by atoms with Crippen molar-refractivity contribution in [3.8, 4) is 16.9 Å². The van der Waals surface area contributed by atoms with E-state index in [0.717, 1.165) is 28.0 Å². The summed E-state index contributed by atoms with van der Waals surface area (Å²) in [6.07, 6.45) is 6.65. The number of thiophene rings is 1. The minimum Gasteiger partial charge on any atom is -0.303 e. The van der Waals surface area contributed by atoms with Crippen molar-refractivity contribution in [2.75, 3.05) is 0 Å². The van der Waals surface area contributed by atoms with E-state index < -0.39 is 5.89 Å². The third-order valence-electron chi connectivity index (χ3n) is 5.71. The van der Waals surface area contributed by atoms with Crippen LogP contribution in [0.2, 0.25) is 0 Å². The Balaban J connectivity index is 1.87. The quantitative estimate of drug-likeness (QED) is 0.421. The van der Waals surface area contributed by atoms with E-state index in [-0.39, 0.29) is 0 Å². The first-order valence-electron chi connectivity index (χ1n) is 9.69. The summed E-state index contributed by atoms with van der Waals surface area (Å²) in [5, 5.41) is 2.10. The molecule has 0 bridgehead atoms. The average molecular weight is 377 g/mol. The normalized spacial score (nSPS) is 13.7. The maximum atomic E-state index is 8.51. The summed E-state index contributed by atoms with van der Waals surface area (Å²) in [5.41, 5.74) is 9.54. The van der Waals surface area contributed by atoms with Gasteiger partial charge in [-0.05, 0) is 52.9 Å². The largest absolute Gasteiger partial charge is 0.303 e. The maximum absolute atomic E-state index is 8.51. The maximum Gasteiger partial charge on any atom is 0.287 e. The summed E-state index contributed by atoms with van der Waals surface area (Å²) < 4.78 is 14.0. The van der Waals surface area contributed by atoms with E-state index in [9.17, 15) is 0 Å². The molecule has 4 nitrogen and oxygen atoms in total. The lowest BCUT2D eigenvalue weighted by Crippen LogP contribution is -2.32. The molecule has 5 rings (SSSR count). The summed E-state index contributed by atoms with van der Waals surface area (Å²) in [6.45, 7) is 8.25. The molecule has 0 radical (unpaired) electrons. The number of aromatic nitrogens is 4. The van der Waals surface area contributed by atoms with E-state index >= 15 is 0 Å². The molecule has 0 amide bonds. The van der Waals surface area contributed by atoms with E-state index in [2.05, 4.69) is 46.5 Å². The zero-order valence-corrected chi connectivity index (χ0v) is 17.1. The van der Waals surface area contributed by atoms with Crippen molar-refractivity contribution in [2.45, 2.75) is 40.0 Å². The van der Waals surface area contributed by atoms with Crippen LogP contribution in [0.15, 0.2) is 30.2 Å². The highest BCUT2D eigenvalue weighted by molar-refractivity contribution is 7.17. The van der Waals surface area contributed by atoms with Gasteiger partial charge in [-0.1, -0.05) is 13.8 Å². The van der Waals surface area contributed by atoms with Crippen LogP contribution in [-0.2, 0) is 13.5 Å². The monoisotopic (exact) mass is 376 g/mol. The van der Waals surface area contributed by atoms with Crippen molar-refractivity contribution in [2.24, 2.45) is 7.05 Å². The highest BCUT2D eigenvalue weighted by atomic mass is 32.1. The molecule has 27 heavy (non-hydrogen) atoms. The minimum absolute atomic E-state index is 0.672. The van der Waals surface area contributed by atoms with Crippen molar-refractivity contribution in [1.29, 1.82) is 0 Å². The molecule has 1 aliphatic rings. The first kappa shape index (κ1) is 15.5. The highest BCUT2D eigenvalue weighted by Gasteiger charge is 2.30. The number of fused-ring (bicyclic) bond motifs is 4. The summed E-state index contributed by atoms with van der Waals surface area (Å²) in [6, 6.07) is 2.28. The molecule has 4 heterocycles. The van der Waals surface area contributed by atoms with Crippen LogP contribution in [0.25, 0.3) is 27.2 Å². The van der Waals surface area contributed by atoms with E-state index in [4.69, 9.17) is 6.35 Å². The van der Waals surface area contributed by atoms with Crippen LogP contribution in [0.3, 0.4) is 0 Å². The lowest BCUT2D eigenvalue weighted by atomic mass is 9.92. The molecule has 0 spiro atoms. The molecule has 0 fully saturated rings. The van der Waals surface area contributed by atoms with Gasteiger partial charge in [0.05, 0.1) is 12.7 Å². The minimum atomic E-state index is -0.672. The SMILES string of the molecule is [2H]C(C)(C)c1csc2c(-c3c(C)c(C)cc4c3Cc3nccn3-4)[n+](C)cnc12. The summed E-state index contributed by atoms with van der Waals surface area (Å²) in [5.74, 6) is 0.419. The molecular formula is C22H23N4S+. The standard InChI is InChI=1S/C22H23N4S/c1-12(2)16-10-27-22-20(16)24-11-25(5)21(22)19-14(4)13(3)8-17-15(19)9-18-23-6-7-26(17)18/h6-8,10-12H,9H2,1-5H3/q+1/i12D. The molecule has 0 N–H and O–H groups in total. The number of rotatable bonds is 2. The van der Waals surface area contributed by atoms with Gasteiger partial charge in [-0.15, -0.1) is 11.3 Å². The number of imidazole rings is 1. The van der Waals surface area contributed by atoms with Crippen molar-refractivity contribution < 1.29 is 5.94 Å². The van der Waals surface area contributed by atoms with Gasteiger partial charge in [0.15, 0.2) is 5.69 Å². The molecule has 1 aliphatic heterocycles. The Morgan fingerprint density at radius 3 is 2.89 bits per heavy atom. The van der Waals surface area contributed by atoms with Gasteiger partial charge in [-0.3, -0.25) is 0 Å². The van der Waals surface area contributed by atoms with Gasteiger partial charge in [-0.2, -0.15) is 0 Å². The van der Waals surface area contributed by atoms with Crippen molar-refractivity contribution in [3.05, 3.63) is 58.2 Å². The van der Waals surface area contributed by atoms with Crippen LogP contribution in [0, 0.1) is 13.8 Å². The molecule has 3 aromatic heterocycles. The Labute approximate surface area is 164 Å². The van der Waals surface area contributed by atoms with Gasteiger partial charge in [0.25, 0.3) is 6.33 Å². The van der Waals surface area contributed by atoms with Crippen molar-refractivity contribution >= 4 is 21.6 Å². The number of hydrogen-bond acceptors (Lipinski definition) is 3. The number of hydrogen-bond donors (Lipinski definition) is 0. The zero-order chi connectivity index (χ0) is 19.8. The van der Waals surface area contributed by atoms with E-state index in [0.29, 0.717) is 0 Å². The van der Waals surface area contributed by atoms with Gasteiger partial charge < -0.3 is 4.57 Å². The van der Waals surface area contributed by atoms with Gasteiger partial charge in [0.1, 0.15) is 10.5 Å². The van der Waals surface area contributed by atoms with Gasteiger partial charge in [0.2, 0.25) is 5.52 Å². The molecule has 4 aromatic rings. The smallest absolute Gasteiger partial charge is 0.287 e. The lowest BCUT2D eigenvalue weighted by molar-refractivity contribution is -0.662. The Morgan fingerprint density at radius 1 is 1.30 bits per heavy atom. The van der Waals surface area contributed by atoms with Gasteiger partial charge in [0, 0.05) is 31.3 Å². The Bertz CT molecular complexity index is 1260. The predicted octanol–water partition coefficient (Wildman–Crippen LogP) is 4.62. The number of nitrogens with zero attached hydrogens (tertiary/aromatic N) is 4. The second-order valence-corrected chi connectivity index (χ2v) is 8.49. The lowest BCUT2D eigenvalue weighted by Gasteiger charge is -2.15. The highest BCUT2D eigenvalue weighted by Crippen LogP contribution is 2.42. The Hall–Kier alpha value is -2.53. The molecular weight excluding hydrogens is 352 g/mol. The fourth-order valence-corrected chi connectivity index (χ4v) is 5.38. The molecule has 0 saturated carbocycles. The van der Waals surface area contributed by atoms with Crippen LogP contribution in [0.1, 0.15) is 49.2 Å². The van der Waals surface area contributed by atoms with E-state index in [1.54, 1.807) is 11.3 Å². The van der Waals surface area contributed by atoms with Crippen LogP contribution in [-0.4, -0.2) is 14.5 Å². The van der Waals surface area contributed by atoms with Gasteiger partial charge in [-0.25, -0.2) is 9.55 Å². The number of aryl methyl sites for hydroxylation is 2. The topological polar surface area (TPSA) is 34.6 Å². The van der Waals surface area contributed by atoms with E-state index in [1.807, 2.05) is 32.6 Å². The van der Waals surface area contributed by atoms with Gasteiger partial charge >= 0.3 is 0 Å². The van der Waals surface area contributed by atoms with Crippen molar-refractivity contribution in [3.63, 3.8) is 0 Å². The number of benzene rings is 1. The first-order valence-corrected chi connectivity index (χ1v) is 10.1. The molecule has 5 heteroatoms. The molecule has 0 unspecified atom stereocenters. The second-order valence-electron chi connectivity index (χ2n) is 7.61. The average Bonchev–Trinajstić information content (AvgIpc) is 3.31. The Morgan fingerprint density at radius 2 is 2.11 bits per heavy atom. The third kappa shape index (κ3) is 2.24. The summed E-state index contributed by atoms with van der Waals surface area (Å²) in [7, 11) is 2.06. The Kier molecular flexibility index (Phi) is 3.29. The summed E-state index contributed by atoms with van der Waals surface area (Å²) >= 11 is 1.70. The molecule has 1 aromatic carbocycles. The third-order valence-corrected chi connectivity index (χ3v) is 6.69. The molecule has 136 valence electrons.